The van der Waals surface area contributed by atoms with Gasteiger partial charge in [-0.1, -0.05) is 6.07 Å². The molecule has 2 saturated carbocycles. The third-order valence-electron chi connectivity index (χ3n) is 5.75. The second kappa shape index (κ2) is 7.85. The Hall–Kier alpha value is -2.90. The molecular weight excluding hydrogens is 370 g/mol. The Kier molecular flexibility index (Phi) is 5.25. The summed E-state index contributed by atoms with van der Waals surface area (Å²) in [7, 11) is 0. The van der Waals surface area contributed by atoms with Gasteiger partial charge in [-0.05, 0) is 57.6 Å². The van der Waals surface area contributed by atoms with E-state index in [1.54, 1.807) is 6.20 Å². The summed E-state index contributed by atoms with van der Waals surface area (Å²) >= 11 is 0. The van der Waals surface area contributed by atoms with Gasteiger partial charge in [0.15, 0.2) is 5.82 Å². The largest absolute Gasteiger partial charge is 0.446 e. The summed E-state index contributed by atoms with van der Waals surface area (Å²) in [5.41, 5.74) is 0.866. The number of nitrogens with one attached hydrogen (secondary N) is 3. The van der Waals surface area contributed by atoms with Crippen LogP contribution in [-0.2, 0) is 14.9 Å². The molecule has 0 atom stereocenters. The molecule has 2 fully saturated rings. The van der Waals surface area contributed by atoms with Crippen LogP contribution in [-0.4, -0.2) is 39.8 Å². The summed E-state index contributed by atoms with van der Waals surface area (Å²) in [5, 5.41) is 12.9. The molecule has 8 nitrogen and oxygen atoms in total. The predicted octanol–water partition coefficient (Wildman–Crippen LogP) is 3.10. The van der Waals surface area contributed by atoms with Crippen LogP contribution < -0.4 is 10.6 Å². The fraction of sp³-hybridized carbons (Fsp3) is 0.524. The zero-order chi connectivity index (χ0) is 20.4. The van der Waals surface area contributed by atoms with Crippen molar-refractivity contribution in [2.24, 2.45) is 5.92 Å². The molecule has 2 amide bonds. The van der Waals surface area contributed by atoms with Crippen LogP contribution >= 0.6 is 0 Å². The lowest BCUT2D eigenvalue weighted by atomic mass is 9.80. The number of hydrogen-bond donors (Lipinski definition) is 3. The average Bonchev–Trinajstić information content (AvgIpc) is 3.41. The SMILES string of the molecule is CC(C)(C(=O)Nc1cc(C2CC(OC(=O)NCC3CC3)C2)[nH]n1)c1ccccn1. The van der Waals surface area contributed by atoms with E-state index in [0.29, 0.717) is 24.0 Å². The number of carbonyl (C=O) groups is 2. The molecule has 0 radical (unpaired) electrons. The van der Waals surface area contributed by atoms with Gasteiger partial charge in [-0.15, -0.1) is 0 Å². The molecule has 0 unspecified atom stereocenters. The number of aromatic nitrogens is 3. The Balaban J connectivity index is 1.26. The summed E-state index contributed by atoms with van der Waals surface area (Å²) < 4.78 is 5.42. The number of aromatic amines is 1. The fourth-order valence-electron chi connectivity index (χ4n) is 3.39. The maximum absolute atomic E-state index is 12.7. The molecule has 8 heteroatoms. The number of ether oxygens (including phenoxy) is 1. The van der Waals surface area contributed by atoms with E-state index in [1.807, 2.05) is 38.1 Å². The maximum atomic E-state index is 12.7. The maximum Gasteiger partial charge on any atom is 0.407 e. The Morgan fingerprint density at radius 3 is 2.76 bits per heavy atom. The van der Waals surface area contributed by atoms with Crippen molar-refractivity contribution in [3.8, 4) is 0 Å². The first-order valence-corrected chi connectivity index (χ1v) is 10.1. The van der Waals surface area contributed by atoms with Crippen LogP contribution in [0.2, 0.25) is 0 Å². The number of rotatable bonds is 7. The van der Waals surface area contributed by atoms with E-state index in [9.17, 15) is 9.59 Å². The van der Waals surface area contributed by atoms with Gasteiger partial charge in [0.2, 0.25) is 5.91 Å². The second-order valence-electron chi connectivity index (χ2n) is 8.52. The zero-order valence-electron chi connectivity index (χ0n) is 16.8. The number of anilines is 1. The van der Waals surface area contributed by atoms with Crippen molar-refractivity contribution in [1.82, 2.24) is 20.5 Å². The molecule has 2 aliphatic rings. The molecule has 0 aliphatic heterocycles. The Bertz CT molecular complexity index is 869. The van der Waals surface area contributed by atoms with Gasteiger partial charge >= 0.3 is 6.09 Å². The van der Waals surface area contributed by atoms with E-state index in [-0.39, 0.29) is 24.0 Å². The molecule has 0 spiro atoms. The summed E-state index contributed by atoms with van der Waals surface area (Å²) in [4.78, 5) is 28.8. The summed E-state index contributed by atoms with van der Waals surface area (Å²) in [6, 6.07) is 7.38. The van der Waals surface area contributed by atoms with Crippen LogP contribution in [0.1, 0.15) is 56.8 Å². The standard InChI is InChI=1S/C21H27N5O3/c1-21(2,17-5-3-4-8-22-17)19(27)24-18-11-16(25-26-18)14-9-15(10-14)29-20(28)23-12-13-6-7-13/h3-5,8,11,13-15H,6-7,9-10,12H2,1-2H3,(H,23,28)(H2,24,25,26,27). The van der Waals surface area contributed by atoms with Crippen molar-refractivity contribution in [3.63, 3.8) is 0 Å². The first-order chi connectivity index (χ1) is 13.9. The lowest BCUT2D eigenvalue weighted by molar-refractivity contribution is -0.120. The minimum Gasteiger partial charge on any atom is -0.446 e. The lowest BCUT2D eigenvalue weighted by Crippen LogP contribution is -2.36. The monoisotopic (exact) mass is 397 g/mol. The normalized spacial score (nSPS) is 21.2. The number of hydrogen-bond acceptors (Lipinski definition) is 5. The molecule has 29 heavy (non-hydrogen) atoms. The van der Waals surface area contributed by atoms with Crippen LogP contribution in [0, 0.1) is 5.92 Å². The first-order valence-electron chi connectivity index (χ1n) is 10.1. The highest BCUT2D eigenvalue weighted by Crippen LogP contribution is 2.38. The molecule has 3 N–H and O–H groups in total. The van der Waals surface area contributed by atoms with Gasteiger partial charge in [0.1, 0.15) is 6.10 Å². The van der Waals surface area contributed by atoms with Gasteiger partial charge in [0.05, 0.1) is 11.1 Å². The summed E-state index contributed by atoms with van der Waals surface area (Å²) in [6.07, 6.45) is 5.20. The highest BCUT2D eigenvalue weighted by molar-refractivity contribution is 5.97. The van der Waals surface area contributed by atoms with Crippen molar-refractivity contribution in [1.29, 1.82) is 0 Å². The molecule has 2 aliphatic carbocycles. The fourth-order valence-corrected chi connectivity index (χ4v) is 3.39. The molecule has 0 aromatic carbocycles. The van der Waals surface area contributed by atoms with Gasteiger partial charge in [-0.2, -0.15) is 5.10 Å². The highest BCUT2D eigenvalue weighted by atomic mass is 16.6. The number of alkyl carbamates (subject to hydrolysis) is 1. The predicted molar refractivity (Wildman–Crippen MR) is 107 cm³/mol. The lowest BCUT2D eigenvalue weighted by Gasteiger charge is -2.33. The number of nitrogens with zero attached hydrogens (tertiary/aromatic N) is 2. The smallest absolute Gasteiger partial charge is 0.407 e. The van der Waals surface area contributed by atoms with Gasteiger partial charge in [0.25, 0.3) is 0 Å². The van der Waals surface area contributed by atoms with Gasteiger partial charge in [-0.3, -0.25) is 14.9 Å². The second-order valence-corrected chi connectivity index (χ2v) is 8.52. The van der Waals surface area contributed by atoms with Crippen LogP contribution in [0.3, 0.4) is 0 Å². The summed E-state index contributed by atoms with van der Waals surface area (Å²) in [5.74, 6) is 1.20. The molecular formula is C21H27N5O3. The number of amides is 2. The Labute approximate surface area is 169 Å². The summed E-state index contributed by atoms with van der Waals surface area (Å²) in [6.45, 7) is 4.38. The van der Waals surface area contributed by atoms with Crippen molar-refractivity contribution in [2.75, 3.05) is 11.9 Å². The third kappa shape index (κ3) is 4.58. The van der Waals surface area contributed by atoms with E-state index >= 15 is 0 Å². The first kappa shape index (κ1) is 19.4. The van der Waals surface area contributed by atoms with E-state index in [1.165, 1.54) is 12.8 Å². The number of pyridine rings is 1. The van der Waals surface area contributed by atoms with Gasteiger partial charge < -0.3 is 15.4 Å². The average molecular weight is 397 g/mol. The zero-order valence-corrected chi connectivity index (χ0v) is 16.8. The molecule has 2 aromatic heterocycles. The minimum atomic E-state index is -0.774. The van der Waals surface area contributed by atoms with Crippen molar-refractivity contribution < 1.29 is 14.3 Å². The van der Waals surface area contributed by atoms with Gasteiger partial charge in [-0.25, -0.2) is 4.79 Å². The molecule has 0 saturated heterocycles. The molecule has 2 heterocycles. The van der Waals surface area contributed by atoms with Crippen LogP contribution in [0.5, 0.6) is 0 Å². The molecule has 154 valence electrons. The van der Waals surface area contributed by atoms with Crippen molar-refractivity contribution in [2.45, 2.75) is 57.0 Å². The topological polar surface area (TPSA) is 109 Å². The van der Waals surface area contributed by atoms with E-state index < -0.39 is 5.41 Å². The van der Waals surface area contributed by atoms with Crippen molar-refractivity contribution in [3.05, 3.63) is 41.9 Å². The van der Waals surface area contributed by atoms with Crippen LogP contribution in [0.4, 0.5) is 10.6 Å². The highest BCUT2D eigenvalue weighted by Gasteiger charge is 2.36. The third-order valence-corrected chi connectivity index (χ3v) is 5.75. The van der Waals surface area contributed by atoms with E-state index in [0.717, 1.165) is 18.5 Å². The quantitative estimate of drug-likeness (QED) is 0.665. The van der Waals surface area contributed by atoms with Crippen LogP contribution in [0.25, 0.3) is 0 Å². The van der Waals surface area contributed by atoms with E-state index in [2.05, 4.69) is 25.8 Å². The van der Waals surface area contributed by atoms with Gasteiger partial charge in [0, 0.05) is 30.4 Å². The molecule has 2 aromatic rings. The van der Waals surface area contributed by atoms with Crippen molar-refractivity contribution >= 4 is 17.8 Å². The molecule has 0 bridgehead atoms. The Morgan fingerprint density at radius 2 is 2.07 bits per heavy atom. The van der Waals surface area contributed by atoms with E-state index in [4.69, 9.17) is 4.74 Å². The minimum absolute atomic E-state index is 0.0661. The number of carbonyl (C=O) groups excluding carboxylic acids is 2. The van der Waals surface area contributed by atoms with Crippen LogP contribution in [0.15, 0.2) is 30.5 Å². The Morgan fingerprint density at radius 1 is 1.28 bits per heavy atom. The molecule has 4 rings (SSSR count). The number of H-pyrrole nitrogens is 1.